The normalized spacial score (nSPS) is 11.2. The molecule has 0 aliphatic heterocycles. The topological polar surface area (TPSA) is 9.23 Å². The zero-order valence-electron chi connectivity index (χ0n) is 15.4. The molecule has 0 aromatic heterocycles. The van der Waals surface area contributed by atoms with E-state index in [4.69, 9.17) is 4.52 Å². The number of rotatable bonds is 10. The molecule has 0 heterocycles. The number of hydrogen-bond donors (Lipinski definition) is 0. The summed E-state index contributed by atoms with van der Waals surface area (Å²) >= 11 is 0. The highest BCUT2D eigenvalue weighted by molar-refractivity contribution is 7.68. The molecule has 0 saturated heterocycles. The lowest BCUT2D eigenvalue weighted by Crippen LogP contribution is -2.14. The Morgan fingerprint density at radius 3 is 1.62 bits per heavy atom. The molecular weight excluding hydrogens is 311 g/mol. The van der Waals surface area contributed by atoms with E-state index in [0.717, 1.165) is 6.61 Å². The second kappa shape index (κ2) is 10.6. The van der Waals surface area contributed by atoms with Crippen molar-refractivity contribution < 1.29 is 4.52 Å². The fourth-order valence-electron chi connectivity index (χ4n) is 2.70. The minimum Gasteiger partial charge on any atom is -0.350 e. The Hall–Kier alpha value is -1.17. The fourth-order valence-corrected chi connectivity index (χ4v) is 4.44. The van der Waals surface area contributed by atoms with Gasteiger partial charge in [0.05, 0.1) is 14.8 Å². The third-order valence-corrected chi connectivity index (χ3v) is 6.23. The molecule has 0 spiro atoms. The molecule has 2 aromatic rings. The Bertz CT molecular complexity index is 528. The van der Waals surface area contributed by atoms with Crippen molar-refractivity contribution in [3.63, 3.8) is 0 Å². The maximum Gasteiger partial charge on any atom is 0.0917 e. The number of aryl methyl sites for hydroxylation is 2. The molecule has 0 unspecified atom stereocenters. The van der Waals surface area contributed by atoms with Crippen LogP contribution in [0, 0.1) is 13.8 Å². The predicted octanol–water partition coefficient (Wildman–Crippen LogP) is 6.03. The standard InChI is InChI=1S/C22H31OP/c1-4-5-6-7-8-9-18-23-24(21-14-10-19(2)11-15-21)22-16-12-20(3)13-17-22/h10-17H,4-9,18H2,1-3H3. The highest BCUT2D eigenvalue weighted by atomic mass is 31.1. The van der Waals surface area contributed by atoms with Gasteiger partial charge < -0.3 is 4.52 Å². The zero-order valence-corrected chi connectivity index (χ0v) is 16.3. The Morgan fingerprint density at radius 2 is 1.12 bits per heavy atom. The van der Waals surface area contributed by atoms with Crippen LogP contribution in [-0.2, 0) is 4.52 Å². The summed E-state index contributed by atoms with van der Waals surface area (Å²) in [6.07, 6.45) is 7.82. The van der Waals surface area contributed by atoms with Crippen LogP contribution in [0.1, 0.15) is 56.6 Å². The van der Waals surface area contributed by atoms with Crippen LogP contribution in [0.4, 0.5) is 0 Å². The van der Waals surface area contributed by atoms with Gasteiger partial charge in [0, 0.05) is 10.6 Å². The molecule has 2 aromatic carbocycles. The summed E-state index contributed by atoms with van der Waals surface area (Å²) in [5.41, 5.74) is 2.60. The van der Waals surface area contributed by atoms with Gasteiger partial charge in [-0.05, 0) is 20.3 Å². The molecule has 24 heavy (non-hydrogen) atoms. The number of hydrogen-bond acceptors (Lipinski definition) is 1. The number of benzene rings is 2. The molecule has 0 aliphatic carbocycles. The van der Waals surface area contributed by atoms with Crippen LogP contribution in [0.3, 0.4) is 0 Å². The van der Waals surface area contributed by atoms with Crippen molar-refractivity contribution in [3.05, 3.63) is 59.7 Å². The average Bonchev–Trinajstić information content (AvgIpc) is 2.60. The lowest BCUT2D eigenvalue weighted by molar-refractivity contribution is 0.343. The van der Waals surface area contributed by atoms with E-state index < -0.39 is 8.15 Å². The SMILES string of the molecule is CCCCCCCCOP(c1ccc(C)cc1)c1ccc(C)cc1. The van der Waals surface area contributed by atoms with Gasteiger partial charge in [0.2, 0.25) is 0 Å². The minimum atomic E-state index is -0.703. The van der Waals surface area contributed by atoms with E-state index in [9.17, 15) is 0 Å². The van der Waals surface area contributed by atoms with Crippen molar-refractivity contribution in [1.82, 2.24) is 0 Å². The van der Waals surface area contributed by atoms with Crippen LogP contribution in [0.15, 0.2) is 48.5 Å². The summed E-state index contributed by atoms with van der Waals surface area (Å²) < 4.78 is 6.37. The monoisotopic (exact) mass is 342 g/mol. The van der Waals surface area contributed by atoms with Gasteiger partial charge in [0.25, 0.3) is 0 Å². The minimum absolute atomic E-state index is 0.703. The molecule has 0 aliphatic rings. The van der Waals surface area contributed by atoms with Crippen molar-refractivity contribution in [2.75, 3.05) is 6.61 Å². The van der Waals surface area contributed by atoms with Gasteiger partial charge in [0.1, 0.15) is 0 Å². The Morgan fingerprint density at radius 1 is 0.667 bits per heavy atom. The molecule has 0 saturated carbocycles. The van der Waals surface area contributed by atoms with Gasteiger partial charge in [-0.25, -0.2) is 0 Å². The second-order valence-corrected chi connectivity index (χ2v) is 8.45. The third kappa shape index (κ3) is 6.38. The number of unbranched alkanes of at least 4 members (excludes halogenated alkanes) is 5. The van der Waals surface area contributed by atoms with Crippen LogP contribution < -0.4 is 10.6 Å². The first-order valence-electron chi connectivity index (χ1n) is 9.27. The first-order valence-corrected chi connectivity index (χ1v) is 10.5. The van der Waals surface area contributed by atoms with Crippen molar-refractivity contribution in [1.29, 1.82) is 0 Å². The summed E-state index contributed by atoms with van der Waals surface area (Å²) in [6.45, 7) is 7.39. The van der Waals surface area contributed by atoms with E-state index in [1.54, 1.807) is 0 Å². The molecule has 0 fully saturated rings. The van der Waals surface area contributed by atoms with Gasteiger partial charge >= 0.3 is 0 Å². The fraction of sp³-hybridized carbons (Fsp3) is 0.455. The molecule has 0 atom stereocenters. The lowest BCUT2D eigenvalue weighted by Gasteiger charge is -2.19. The molecule has 0 N–H and O–H groups in total. The van der Waals surface area contributed by atoms with Crippen LogP contribution in [0.25, 0.3) is 0 Å². The first kappa shape index (κ1) is 19.2. The van der Waals surface area contributed by atoms with E-state index >= 15 is 0 Å². The Balaban J connectivity index is 1.96. The molecule has 0 radical (unpaired) electrons. The van der Waals surface area contributed by atoms with Crippen molar-refractivity contribution in [2.24, 2.45) is 0 Å². The van der Waals surface area contributed by atoms with Gasteiger partial charge in [-0.3, -0.25) is 0 Å². The van der Waals surface area contributed by atoms with Crippen LogP contribution in [-0.4, -0.2) is 6.61 Å². The average molecular weight is 342 g/mol. The summed E-state index contributed by atoms with van der Waals surface area (Å²) in [5.74, 6) is 0. The predicted molar refractivity (Wildman–Crippen MR) is 108 cm³/mol. The molecule has 0 amide bonds. The van der Waals surface area contributed by atoms with E-state index in [-0.39, 0.29) is 0 Å². The van der Waals surface area contributed by atoms with Gasteiger partial charge in [-0.2, -0.15) is 0 Å². The summed E-state index contributed by atoms with van der Waals surface area (Å²) in [5, 5.41) is 2.62. The van der Waals surface area contributed by atoms with Crippen molar-refractivity contribution in [3.8, 4) is 0 Å². The molecule has 1 nitrogen and oxygen atoms in total. The molecule has 2 heteroatoms. The molecule has 130 valence electrons. The van der Waals surface area contributed by atoms with E-state index in [2.05, 4.69) is 69.3 Å². The Labute approximate surface area is 149 Å². The summed E-state index contributed by atoms with van der Waals surface area (Å²) in [7, 11) is -0.703. The molecule has 0 bridgehead atoms. The van der Waals surface area contributed by atoms with E-state index in [0.29, 0.717) is 0 Å². The maximum absolute atomic E-state index is 6.37. The zero-order chi connectivity index (χ0) is 17.2. The van der Waals surface area contributed by atoms with Crippen LogP contribution >= 0.6 is 8.15 Å². The largest absolute Gasteiger partial charge is 0.350 e. The molecular formula is C22H31OP. The van der Waals surface area contributed by atoms with Gasteiger partial charge in [-0.15, -0.1) is 0 Å². The first-order chi connectivity index (χ1) is 11.7. The third-order valence-electron chi connectivity index (χ3n) is 4.26. The second-order valence-electron chi connectivity index (χ2n) is 6.57. The lowest BCUT2D eigenvalue weighted by atomic mass is 10.1. The highest BCUT2D eigenvalue weighted by Gasteiger charge is 2.15. The van der Waals surface area contributed by atoms with E-state index in [1.807, 2.05) is 0 Å². The van der Waals surface area contributed by atoms with Gasteiger partial charge in [0.15, 0.2) is 0 Å². The van der Waals surface area contributed by atoms with Gasteiger partial charge in [-0.1, -0.05) is 98.7 Å². The smallest absolute Gasteiger partial charge is 0.0917 e. The van der Waals surface area contributed by atoms with Crippen LogP contribution in [0.2, 0.25) is 0 Å². The summed E-state index contributed by atoms with van der Waals surface area (Å²) in [6, 6.07) is 17.6. The molecule has 2 rings (SSSR count). The summed E-state index contributed by atoms with van der Waals surface area (Å²) in [4.78, 5) is 0. The maximum atomic E-state index is 6.37. The Kier molecular flexibility index (Phi) is 8.50. The van der Waals surface area contributed by atoms with E-state index in [1.165, 1.54) is 60.3 Å². The highest BCUT2D eigenvalue weighted by Crippen LogP contribution is 2.35. The van der Waals surface area contributed by atoms with Crippen LogP contribution in [0.5, 0.6) is 0 Å². The van der Waals surface area contributed by atoms with Crippen molar-refractivity contribution in [2.45, 2.75) is 59.3 Å². The van der Waals surface area contributed by atoms with Crippen molar-refractivity contribution >= 4 is 18.8 Å². The quantitative estimate of drug-likeness (QED) is 0.378.